The minimum Gasteiger partial charge on any atom is -0.308 e. The van der Waals surface area contributed by atoms with E-state index in [2.05, 4.69) is 145 Å². The summed E-state index contributed by atoms with van der Waals surface area (Å²) in [5.41, 5.74) is 14.7. The van der Waals surface area contributed by atoms with E-state index in [4.69, 9.17) is 0 Å². The quantitative estimate of drug-likeness (QED) is 0.194. The van der Waals surface area contributed by atoms with Crippen LogP contribution in [0.15, 0.2) is 94.7 Å². The van der Waals surface area contributed by atoms with E-state index >= 15 is 0 Å². The summed E-state index contributed by atoms with van der Waals surface area (Å²) < 4.78 is 0. The minimum atomic E-state index is -0.753. The second kappa shape index (κ2) is 10.8. The van der Waals surface area contributed by atoms with Crippen LogP contribution in [0.1, 0.15) is 44.5 Å². The van der Waals surface area contributed by atoms with Gasteiger partial charge in [-0.3, -0.25) is 0 Å². The number of rotatable bonds is 4. The molecule has 0 bridgehead atoms. The zero-order valence-electron chi connectivity index (χ0n) is 25.4. The van der Waals surface area contributed by atoms with Crippen molar-refractivity contribution in [1.29, 1.82) is 0 Å². The molecule has 1 aliphatic heterocycles. The van der Waals surface area contributed by atoms with Gasteiger partial charge >= 0.3 is 0 Å². The van der Waals surface area contributed by atoms with Crippen molar-refractivity contribution in [3.63, 3.8) is 0 Å². The third-order valence-electron chi connectivity index (χ3n) is 8.11. The first kappa shape index (κ1) is 27.8. The van der Waals surface area contributed by atoms with Gasteiger partial charge in [-0.1, -0.05) is 71.4 Å². The molecule has 0 radical (unpaired) electrons. The molecule has 1 aliphatic rings. The maximum Gasteiger partial charge on any atom is 0.0601 e. The third kappa shape index (κ3) is 4.92. The Morgan fingerprint density at radius 1 is 0.463 bits per heavy atom. The molecule has 0 saturated heterocycles. The first-order valence-electron chi connectivity index (χ1n) is 14.4. The number of hydrogen-bond donors (Lipinski definition) is 0. The fraction of sp³-hybridized carbons (Fsp3) is 0.211. The summed E-state index contributed by atoms with van der Waals surface area (Å²) in [6.45, 7) is 18.3. The van der Waals surface area contributed by atoms with Gasteiger partial charge in [0.25, 0.3) is 0 Å². The van der Waals surface area contributed by atoms with E-state index < -0.39 is 7.92 Å². The first-order valence-corrected chi connectivity index (χ1v) is 16.5. The standard InChI is InChI=1S/C38H38NPS/c1-23-17-25(3)36(26(4)18-23)40(37-27(5)19-24(2)20-28(37)6)38-29(7)21-31(22-30(38)8)39-32-13-9-11-15-34(32)41-35-16-12-10-14-33(35)39/h9-22H,1-8H3. The minimum absolute atomic E-state index is 0.753. The molecule has 5 aromatic carbocycles. The molecule has 1 nitrogen and oxygen atoms in total. The monoisotopic (exact) mass is 571 g/mol. The molecule has 0 unspecified atom stereocenters. The molecule has 41 heavy (non-hydrogen) atoms. The summed E-state index contributed by atoms with van der Waals surface area (Å²) in [6, 6.07) is 31.9. The van der Waals surface area contributed by atoms with Gasteiger partial charge in [-0.25, -0.2) is 0 Å². The van der Waals surface area contributed by atoms with Crippen LogP contribution in [-0.2, 0) is 0 Å². The number of hydrogen-bond acceptors (Lipinski definition) is 2. The lowest BCUT2D eigenvalue weighted by atomic mass is 10.1. The van der Waals surface area contributed by atoms with Gasteiger partial charge in [0.15, 0.2) is 0 Å². The Morgan fingerprint density at radius 2 is 0.805 bits per heavy atom. The Labute approximate surface area is 251 Å². The van der Waals surface area contributed by atoms with E-state index in [-0.39, 0.29) is 0 Å². The lowest BCUT2D eigenvalue weighted by Crippen LogP contribution is -2.30. The van der Waals surface area contributed by atoms with E-state index in [1.807, 2.05) is 11.8 Å². The molecule has 6 rings (SSSR count). The molecule has 0 N–H and O–H groups in total. The molecular weight excluding hydrogens is 533 g/mol. The number of anilines is 3. The molecule has 0 amide bonds. The van der Waals surface area contributed by atoms with Crippen LogP contribution in [-0.4, -0.2) is 0 Å². The second-order valence-electron chi connectivity index (χ2n) is 11.6. The Morgan fingerprint density at radius 3 is 1.20 bits per heavy atom. The summed E-state index contributed by atoms with van der Waals surface area (Å²) in [5, 5.41) is 4.50. The van der Waals surface area contributed by atoms with Crippen LogP contribution in [0, 0.1) is 55.4 Å². The van der Waals surface area contributed by atoms with Gasteiger partial charge in [-0.05, 0) is 149 Å². The highest BCUT2D eigenvalue weighted by molar-refractivity contribution is 7.99. The fourth-order valence-electron chi connectivity index (χ4n) is 6.78. The van der Waals surface area contributed by atoms with Crippen molar-refractivity contribution in [2.24, 2.45) is 0 Å². The van der Waals surface area contributed by atoms with E-state index in [1.165, 1.54) is 87.3 Å². The van der Waals surface area contributed by atoms with Crippen molar-refractivity contribution in [3.8, 4) is 0 Å². The van der Waals surface area contributed by atoms with Crippen LogP contribution in [0.5, 0.6) is 0 Å². The molecule has 0 atom stereocenters. The van der Waals surface area contributed by atoms with Crippen molar-refractivity contribution >= 4 is 52.7 Å². The van der Waals surface area contributed by atoms with Crippen LogP contribution in [0.2, 0.25) is 0 Å². The summed E-state index contributed by atoms with van der Waals surface area (Å²) >= 11 is 1.86. The fourth-order valence-corrected chi connectivity index (χ4v) is 11.0. The van der Waals surface area contributed by atoms with Gasteiger partial charge in [-0.15, -0.1) is 0 Å². The highest BCUT2D eigenvalue weighted by atomic mass is 32.2. The molecule has 0 aromatic heterocycles. The molecule has 1 heterocycles. The predicted molar refractivity (Wildman–Crippen MR) is 182 cm³/mol. The Bertz CT molecular complexity index is 1650. The van der Waals surface area contributed by atoms with E-state index in [0.717, 1.165) is 0 Å². The van der Waals surface area contributed by atoms with Gasteiger partial charge in [0.05, 0.1) is 11.4 Å². The van der Waals surface area contributed by atoms with E-state index in [9.17, 15) is 0 Å². The number of aryl methyl sites for hydroxylation is 8. The molecular formula is C38H38NPS. The molecule has 206 valence electrons. The van der Waals surface area contributed by atoms with Gasteiger partial charge in [0.1, 0.15) is 0 Å². The SMILES string of the molecule is Cc1cc(C)c(P(c2c(C)cc(C)cc2C)c2c(C)cc(N3c4ccccc4Sc4ccccc43)cc2C)c(C)c1. The first-order chi connectivity index (χ1) is 19.6. The molecule has 0 spiro atoms. The van der Waals surface area contributed by atoms with Crippen LogP contribution in [0.3, 0.4) is 0 Å². The predicted octanol–water partition coefficient (Wildman–Crippen LogP) is 9.85. The van der Waals surface area contributed by atoms with Gasteiger partial charge in [0.2, 0.25) is 0 Å². The number of fused-ring (bicyclic) bond motifs is 2. The Balaban J connectivity index is 1.60. The number of para-hydroxylation sites is 2. The van der Waals surface area contributed by atoms with Crippen LogP contribution < -0.4 is 20.8 Å². The number of benzene rings is 5. The second-order valence-corrected chi connectivity index (χ2v) is 14.7. The maximum absolute atomic E-state index is 2.46. The van der Waals surface area contributed by atoms with Gasteiger partial charge < -0.3 is 4.90 Å². The average Bonchev–Trinajstić information content (AvgIpc) is 2.90. The molecule has 0 fully saturated rings. The lowest BCUT2D eigenvalue weighted by molar-refractivity contribution is 1.16. The Kier molecular flexibility index (Phi) is 7.35. The molecule has 3 heteroatoms. The highest BCUT2D eigenvalue weighted by Gasteiger charge is 2.29. The van der Waals surface area contributed by atoms with Crippen molar-refractivity contribution < 1.29 is 0 Å². The Hall–Kier alpha value is -3.32. The van der Waals surface area contributed by atoms with E-state index in [0.29, 0.717) is 0 Å². The van der Waals surface area contributed by atoms with Crippen LogP contribution >= 0.6 is 19.7 Å². The largest absolute Gasteiger partial charge is 0.308 e. The average molecular weight is 572 g/mol. The van der Waals surface area contributed by atoms with Crippen LogP contribution in [0.25, 0.3) is 0 Å². The zero-order chi connectivity index (χ0) is 29.0. The maximum atomic E-state index is 2.46. The van der Waals surface area contributed by atoms with E-state index in [1.54, 1.807) is 0 Å². The highest BCUT2D eigenvalue weighted by Crippen LogP contribution is 2.52. The molecule has 5 aromatic rings. The third-order valence-corrected chi connectivity index (χ3v) is 12.7. The zero-order valence-corrected chi connectivity index (χ0v) is 27.1. The smallest absolute Gasteiger partial charge is 0.0601 e. The van der Waals surface area contributed by atoms with Gasteiger partial charge in [0, 0.05) is 15.5 Å². The molecule has 0 saturated carbocycles. The topological polar surface area (TPSA) is 3.24 Å². The summed E-state index contributed by atoms with van der Waals surface area (Å²) in [7, 11) is -0.753. The summed E-state index contributed by atoms with van der Waals surface area (Å²) in [5.74, 6) is 0. The van der Waals surface area contributed by atoms with Gasteiger partial charge in [-0.2, -0.15) is 0 Å². The lowest BCUT2D eigenvalue weighted by Gasteiger charge is -2.34. The van der Waals surface area contributed by atoms with Crippen molar-refractivity contribution in [2.45, 2.75) is 65.2 Å². The van der Waals surface area contributed by atoms with Crippen molar-refractivity contribution in [3.05, 3.63) is 129 Å². The van der Waals surface area contributed by atoms with Crippen LogP contribution in [0.4, 0.5) is 17.1 Å². The molecule has 0 aliphatic carbocycles. The number of nitrogens with zero attached hydrogens (tertiary/aromatic N) is 1. The summed E-state index contributed by atoms with van der Waals surface area (Å²) in [4.78, 5) is 5.05. The summed E-state index contributed by atoms with van der Waals surface area (Å²) in [6.07, 6.45) is 0. The van der Waals surface area contributed by atoms with Crippen molar-refractivity contribution in [2.75, 3.05) is 4.90 Å². The van der Waals surface area contributed by atoms with Crippen molar-refractivity contribution in [1.82, 2.24) is 0 Å². The normalized spacial score (nSPS) is 12.5.